The Morgan fingerprint density at radius 2 is 2.29 bits per heavy atom. The second-order valence-corrected chi connectivity index (χ2v) is 4.26. The lowest BCUT2D eigenvalue weighted by atomic mass is 9.88. The number of hydrogen-bond acceptors (Lipinski definition) is 2. The fourth-order valence-electron chi connectivity index (χ4n) is 2.06. The van der Waals surface area contributed by atoms with Gasteiger partial charge >= 0.3 is 5.97 Å². The van der Waals surface area contributed by atoms with Gasteiger partial charge in [0.25, 0.3) is 0 Å². The molecular formula is C11H20O3. The molecule has 1 rings (SSSR count). The highest BCUT2D eigenvalue weighted by Gasteiger charge is 2.25. The Morgan fingerprint density at radius 1 is 1.57 bits per heavy atom. The SMILES string of the molecule is CC[C@H](O[C@H]1CCC[C@@H](C)C1)C(=O)O. The van der Waals surface area contributed by atoms with Crippen LogP contribution in [0.25, 0.3) is 0 Å². The minimum atomic E-state index is -0.828. The molecule has 0 bridgehead atoms. The molecule has 0 saturated heterocycles. The Bertz CT molecular complexity index is 191. The quantitative estimate of drug-likeness (QED) is 0.758. The van der Waals surface area contributed by atoms with Crippen molar-refractivity contribution < 1.29 is 14.6 Å². The summed E-state index contributed by atoms with van der Waals surface area (Å²) in [6, 6.07) is 0. The van der Waals surface area contributed by atoms with Crippen LogP contribution in [0.15, 0.2) is 0 Å². The number of rotatable bonds is 4. The van der Waals surface area contributed by atoms with E-state index in [1.165, 1.54) is 12.8 Å². The van der Waals surface area contributed by atoms with Crippen LogP contribution in [0.2, 0.25) is 0 Å². The van der Waals surface area contributed by atoms with Gasteiger partial charge in [-0.2, -0.15) is 0 Å². The zero-order valence-corrected chi connectivity index (χ0v) is 9.03. The van der Waals surface area contributed by atoms with E-state index >= 15 is 0 Å². The highest BCUT2D eigenvalue weighted by atomic mass is 16.5. The van der Waals surface area contributed by atoms with E-state index in [2.05, 4.69) is 6.92 Å². The molecule has 3 heteroatoms. The number of carboxylic acid groups (broad SMARTS) is 1. The first kappa shape index (κ1) is 11.5. The van der Waals surface area contributed by atoms with Gasteiger partial charge in [0.2, 0.25) is 0 Å². The van der Waals surface area contributed by atoms with Gasteiger partial charge in [-0.05, 0) is 25.2 Å². The van der Waals surface area contributed by atoms with E-state index in [0.717, 1.165) is 12.8 Å². The van der Waals surface area contributed by atoms with Gasteiger partial charge in [-0.25, -0.2) is 4.79 Å². The number of aliphatic carboxylic acids is 1. The third kappa shape index (κ3) is 3.29. The van der Waals surface area contributed by atoms with Crippen LogP contribution >= 0.6 is 0 Å². The van der Waals surface area contributed by atoms with Crippen molar-refractivity contribution in [1.82, 2.24) is 0 Å². The Morgan fingerprint density at radius 3 is 2.79 bits per heavy atom. The van der Waals surface area contributed by atoms with Crippen molar-refractivity contribution in [2.24, 2.45) is 5.92 Å². The van der Waals surface area contributed by atoms with Crippen molar-refractivity contribution in [2.45, 2.75) is 58.2 Å². The van der Waals surface area contributed by atoms with Crippen LogP contribution in [0.1, 0.15) is 46.0 Å². The highest BCUT2D eigenvalue weighted by molar-refractivity contribution is 5.72. The van der Waals surface area contributed by atoms with E-state index in [0.29, 0.717) is 12.3 Å². The minimum absolute atomic E-state index is 0.166. The van der Waals surface area contributed by atoms with Gasteiger partial charge < -0.3 is 9.84 Å². The molecule has 1 saturated carbocycles. The Kier molecular flexibility index (Phi) is 4.39. The van der Waals surface area contributed by atoms with Crippen LogP contribution in [0, 0.1) is 5.92 Å². The largest absolute Gasteiger partial charge is 0.479 e. The number of hydrogen-bond donors (Lipinski definition) is 1. The van der Waals surface area contributed by atoms with Gasteiger partial charge in [-0.15, -0.1) is 0 Å². The monoisotopic (exact) mass is 200 g/mol. The average molecular weight is 200 g/mol. The molecule has 0 spiro atoms. The predicted octanol–water partition coefficient (Wildman–Crippen LogP) is 2.44. The lowest BCUT2D eigenvalue weighted by Crippen LogP contribution is -2.31. The maximum atomic E-state index is 10.8. The molecule has 0 aromatic carbocycles. The normalized spacial score (nSPS) is 29.9. The van der Waals surface area contributed by atoms with E-state index in [9.17, 15) is 4.79 Å². The molecule has 0 unspecified atom stereocenters. The molecule has 0 aliphatic heterocycles. The first-order chi connectivity index (χ1) is 6.63. The first-order valence-corrected chi connectivity index (χ1v) is 5.51. The van der Waals surface area contributed by atoms with Crippen molar-refractivity contribution in [3.05, 3.63) is 0 Å². The molecular weight excluding hydrogens is 180 g/mol. The Labute approximate surface area is 85.5 Å². The van der Waals surface area contributed by atoms with Gasteiger partial charge in [0.1, 0.15) is 0 Å². The molecule has 0 radical (unpaired) electrons. The zero-order valence-electron chi connectivity index (χ0n) is 9.03. The highest BCUT2D eigenvalue weighted by Crippen LogP contribution is 2.26. The van der Waals surface area contributed by atoms with Crippen molar-refractivity contribution in [3.63, 3.8) is 0 Å². The molecule has 1 fully saturated rings. The smallest absolute Gasteiger partial charge is 0.332 e. The van der Waals surface area contributed by atoms with Crippen LogP contribution in [0.5, 0.6) is 0 Å². The van der Waals surface area contributed by atoms with Crippen LogP contribution < -0.4 is 0 Å². The molecule has 0 aromatic rings. The summed E-state index contributed by atoms with van der Waals surface area (Å²) in [6.07, 6.45) is 4.58. The third-order valence-corrected chi connectivity index (χ3v) is 2.89. The van der Waals surface area contributed by atoms with Gasteiger partial charge in [-0.1, -0.05) is 26.7 Å². The Hall–Kier alpha value is -0.570. The number of ether oxygens (including phenoxy) is 1. The van der Waals surface area contributed by atoms with Gasteiger partial charge in [0, 0.05) is 0 Å². The summed E-state index contributed by atoms with van der Waals surface area (Å²) in [5.41, 5.74) is 0. The molecule has 1 aliphatic rings. The molecule has 1 N–H and O–H groups in total. The van der Waals surface area contributed by atoms with Crippen molar-refractivity contribution in [2.75, 3.05) is 0 Å². The molecule has 1 aliphatic carbocycles. The van der Waals surface area contributed by atoms with Crippen LogP contribution in [0.4, 0.5) is 0 Å². The maximum Gasteiger partial charge on any atom is 0.332 e. The van der Waals surface area contributed by atoms with Gasteiger partial charge in [-0.3, -0.25) is 0 Å². The predicted molar refractivity (Wildman–Crippen MR) is 54.2 cm³/mol. The van der Waals surface area contributed by atoms with Crippen molar-refractivity contribution in [1.29, 1.82) is 0 Å². The average Bonchev–Trinajstić information content (AvgIpc) is 2.14. The lowest BCUT2D eigenvalue weighted by molar-refractivity contribution is -0.156. The minimum Gasteiger partial charge on any atom is -0.479 e. The maximum absolute atomic E-state index is 10.8. The summed E-state index contributed by atoms with van der Waals surface area (Å²) in [5.74, 6) is -0.147. The molecule has 14 heavy (non-hydrogen) atoms. The number of carboxylic acids is 1. The molecule has 0 aromatic heterocycles. The topological polar surface area (TPSA) is 46.5 Å². The molecule has 3 atom stereocenters. The summed E-state index contributed by atoms with van der Waals surface area (Å²) < 4.78 is 5.57. The van der Waals surface area contributed by atoms with Crippen LogP contribution in [-0.2, 0) is 9.53 Å². The summed E-state index contributed by atoms with van der Waals surface area (Å²) in [7, 11) is 0. The summed E-state index contributed by atoms with van der Waals surface area (Å²) in [6.45, 7) is 4.06. The first-order valence-electron chi connectivity index (χ1n) is 5.51. The van der Waals surface area contributed by atoms with E-state index in [1.807, 2.05) is 6.92 Å². The fourth-order valence-corrected chi connectivity index (χ4v) is 2.06. The third-order valence-electron chi connectivity index (χ3n) is 2.89. The molecule has 0 heterocycles. The van der Waals surface area contributed by atoms with Crippen LogP contribution in [-0.4, -0.2) is 23.3 Å². The van der Waals surface area contributed by atoms with Crippen molar-refractivity contribution >= 4 is 5.97 Å². The standard InChI is InChI=1S/C11H20O3/c1-3-10(11(12)13)14-9-6-4-5-8(2)7-9/h8-10H,3-7H2,1-2H3,(H,12,13)/t8-,9+,10+/m1/s1. The number of carbonyl (C=O) groups is 1. The molecule has 3 nitrogen and oxygen atoms in total. The molecule has 82 valence electrons. The second-order valence-electron chi connectivity index (χ2n) is 4.26. The summed E-state index contributed by atoms with van der Waals surface area (Å²) in [4.78, 5) is 10.8. The Balaban J connectivity index is 2.37. The van der Waals surface area contributed by atoms with Crippen molar-refractivity contribution in [3.8, 4) is 0 Å². The summed E-state index contributed by atoms with van der Waals surface area (Å²) >= 11 is 0. The molecule has 0 amide bonds. The van der Waals surface area contributed by atoms with Gasteiger partial charge in [0.15, 0.2) is 6.10 Å². The second kappa shape index (κ2) is 5.35. The van der Waals surface area contributed by atoms with E-state index in [1.54, 1.807) is 0 Å². The summed E-state index contributed by atoms with van der Waals surface area (Å²) in [5, 5.41) is 8.84. The van der Waals surface area contributed by atoms with Gasteiger partial charge in [0.05, 0.1) is 6.10 Å². The van der Waals surface area contributed by atoms with Crippen LogP contribution in [0.3, 0.4) is 0 Å². The van der Waals surface area contributed by atoms with E-state index < -0.39 is 12.1 Å². The van der Waals surface area contributed by atoms with E-state index in [4.69, 9.17) is 9.84 Å². The zero-order chi connectivity index (χ0) is 10.6. The fraction of sp³-hybridized carbons (Fsp3) is 0.909. The lowest BCUT2D eigenvalue weighted by Gasteiger charge is -2.28. The van der Waals surface area contributed by atoms with E-state index in [-0.39, 0.29) is 6.10 Å².